The van der Waals surface area contributed by atoms with Crippen LogP contribution in [-0.2, 0) is 20.2 Å². The summed E-state index contributed by atoms with van der Waals surface area (Å²) in [6.45, 7) is 4.59. The zero-order chi connectivity index (χ0) is 20.1. The normalized spacial score (nSPS) is 17.7. The van der Waals surface area contributed by atoms with E-state index in [0.717, 1.165) is 24.1 Å². The number of nitrogens with one attached hydrogen (secondary N) is 1. The molecule has 1 saturated carbocycles. The quantitative estimate of drug-likeness (QED) is 0.859. The highest BCUT2D eigenvalue weighted by molar-refractivity contribution is 7.92. The Kier molecular flexibility index (Phi) is 4.20. The van der Waals surface area contributed by atoms with Crippen LogP contribution >= 0.6 is 0 Å². The SMILES string of the molecule is CC1(C)CN(C(=O)C2CC2)c2ccc(S(=O)(=O)Nc3cccc(C#N)c3)cc21. The van der Waals surface area contributed by atoms with Gasteiger partial charge < -0.3 is 4.90 Å². The van der Waals surface area contributed by atoms with Crippen molar-refractivity contribution >= 4 is 27.3 Å². The summed E-state index contributed by atoms with van der Waals surface area (Å²) in [5, 5.41) is 8.99. The minimum atomic E-state index is -3.81. The molecule has 144 valence electrons. The molecule has 0 spiro atoms. The van der Waals surface area contributed by atoms with Crippen molar-refractivity contribution in [3.63, 3.8) is 0 Å². The smallest absolute Gasteiger partial charge is 0.261 e. The summed E-state index contributed by atoms with van der Waals surface area (Å²) in [6, 6.07) is 13.2. The molecular formula is C21H21N3O3S. The number of fused-ring (bicyclic) bond motifs is 1. The number of nitriles is 1. The molecule has 1 aliphatic carbocycles. The first-order chi connectivity index (χ1) is 13.2. The standard InChI is InChI=1S/C21H21N3O3S/c1-21(2)13-24(20(25)15-6-7-15)19-9-8-17(11-18(19)21)28(26,27)23-16-5-3-4-14(10-16)12-22/h3-5,8-11,15,23H,6-7,13H2,1-2H3. The van der Waals surface area contributed by atoms with Crippen LogP contribution in [0.4, 0.5) is 11.4 Å². The fourth-order valence-electron chi connectivity index (χ4n) is 3.64. The molecule has 0 atom stereocenters. The number of hydrogen-bond donors (Lipinski definition) is 1. The molecule has 6 nitrogen and oxygen atoms in total. The molecule has 7 heteroatoms. The summed E-state index contributed by atoms with van der Waals surface area (Å²) in [4.78, 5) is 14.6. The molecule has 1 fully saturated rings. The molecule has 1 N–H and O–H groups in total. The molecular weight excluding hydrogens is 374 g/mol. The van der Waals surface area contributed by atoms with E-state index < -0.39 is 10.0 Å². The van der Waals surface area contributed by atoms with E-state index in [2.05, 4.69) is 4.72 Å². The second kappa shape index (κ2) is 6.35. The molecule has 1 aliphatic heterocycles. The lowest BCUT2D eigenvalue weighted by Gasteiger charge is -2.20. The molecule has 0 bridgehead atoms. The fourth-order valence-corrected chi connectivity index (χ4v) is 4.71. The predicted octanol–water partition coefficient (Wildman–Crippen LogP) is 3.39. The Labute approximate surface area is 164 Å². The van der Waals surface area contributed by atoms with Crippen LogP contribution in [0.1, 0.15) is 37.8 Å². The third-order valence-corrected chi connectivity index (χ3v) is 6.67. The number of carbonyl (C=O) groups excluding carboxylic acids is 1. The van der Waals surface area contributed by atoms with Gasteiger partial charge in [-0.25, -0.2) is 8.42 Å². The molecule has 1 heterocycles. The lowest BCUT2D eigenvalue weighted by atomic mass is 9.87. The van der Waals surface area contributed by atoms with E-state index >= 15 is 0 Å². The number of anilines is 2. The van der Waals surface area contributed by atoms with Crippen molar-refractivity contribution < 1.29 is 13.2 Å². The van der Waals surface area contributed by atoms with Gasteiger partial charge in [0.2, 0.25) is 5.91 Å². The molecule has 0 aromatic heterocycles. The third kappa shape index (κ3) is 3.25. The first-order valence-corrected chi connectivity index (χ1v) is 10.7. The number of sulfonamides is 1. The summed E-state index contributed by atoms with van der Waals surface area (Å²) in [5.41, 5.74) is 2.04. The van der Waals surface area contributed by atoms with E-state index in [0.29, 0.717) is 17.8 Å². The summed E-state index contributed by atoms with van der Waals surface area (Å²) in [6.07, 6.45) is 1.87. The second-order valence-corrected chi connectivity index (χ2v) is 9.74. The van der Waals surface area contributed by atoms with Gasteiger partial charge in [-0.05, 0) is 54.8 Å². The molecule has 28 heavy (non-hydrogen) atoms. The van der Waals surface area contributed by atoms with E-state index in [4.69, 9.17) is 5.26 Å². The Bertz CT molecular complexity index is 1110. The lowest BCUT2D eigenvalue weighted by Crippen LogP contribution is -2.34. The average Bonchev–Trinajstić information content (AvgIpc) is 3.46. The van der Waals surface area contributed by atoms with Crippen LogP contribution in [0.15, 0.2) is 47.4 Å². The van der Waals surface area contributed by atoms with Crippen molar-refractivity contribution in [3.05, 3.63) is 53.6 Å². The monoisotopic (exact) mass is 395 g/mol. The molecule has 2 aliphatic rings. The van der Waals surface area contributed by atoms with E-state index in [1.807, 2.05) is 19.9 Å². The zero-order valence-electron chi connectivity index (χ0n) is 15.8. The van der Waals surface area contributed by atoms with E-state index in [1.165, 1.54) is 12.1 Å². The number of amides is 1. The van der Waals surface area contributed by atoms with Crippen LogP contribution in [0.3, 0.4) is 0 Å². The van der Waals surface area contributed by atoms with Gasteiger partial charge in [0, 0.05) is 23.6 Å². The zero-order valence-corrected chi connectivity index (χ0v) is 16.6. The molecule has 0 unspecified atom stereocenters. The highest BCUT2D eigenvalue weighted by Crippen LogP contribution is 2.44. The van der Waals surface area contributed by atoms with Gasteiger partial charge in [0.15, 0.2) is 0 Å². The number of carbonyl (C=O) groups is 1. The van der Waals surface area contributed by atoms with Gasteiger partial charge in [-0.2, -0.15) is 5.26 Å². The fraction of sp³-hybridized carbons (Fsp3) is 0.333. The van der Waals surface area contributed by atoms with Crippen LogP contribution in [-0.4, -0.2) is 20.9 Å². The maximum Gasteiger partial charge on any atom is 0.261 e. The van der Waals surface area contributed by atoms with Crippen molar-refractivity contribution in [1.82, 2.24) is 0 Å². The Morgan fingerprint density at radius 2 is 1.96 bits per heavy atom. The van der Waals surface area contributed by atoms with Gasteiger partial charge in [-0.3, -0.25) is 9.52 Å². The van der Waals surface area contributed by atoms with Crippen LogP contribution in [0, 0.1) is 17.2 Å². The lowest BCUT2D eigenvalue weighted by molar-refractivity contribution is -0.119. The van der Waals surface area contributed by atoms with Gasteiger partial charge in [-0.1, -0.05) is 19.9 Å². The minimum absolute atomic E-state index is 0.110. The number of rotatable bonds is 4. The molecule has 0 saturated heterocycles. The van der Waals surface area contributed by atoms with E-state index in [1.54, 1.807) is 35.2 Å². The molecule has 2 aromatic carbocycles. The van der Waals surface area contributed by atoms with Gasteiger partial charge in [0.05, 0.1) is 22.2 Å². The van der Waals surface area contributed by atoms with Gasteiger partial charge in [0.1, 0.15) is 0 Å². The van der Waals surface area contributed by atoms with Gasteiger partial charge >= 0.3 is 0 Å². The van der Waals surface area contributed by atoms with Gasteiger partial charge in [-0.15, -0.1) is 0 Å². The third-order valence-electron chi connectivity index (χ3n) is 5.29. The Morgan fingerprint density at radius 1 is 1.21 bits per heavy atom. The van der Waals surface area contributed by atoms with Crippen molar-refractivity contribution in [2.45, 2.75) is 37.0 Å². The summed E-state index contributed by atoms with van der Waals surface area (Å²) < 4.78 is 28.3. The van der Waals surface area contributed by atoms with Gasteiger partial charge in [0.25, 0.3) is 10.0 Å². The van der Waals surface area contributed by atoms with Crippen molar-refractivity contribution in [1.29, 1.82) is 5.26 Å². The average molecular weight is 395 g/mol. The maximum atomic E-state index is 12.9. The van der Waals surface area contributed by atoms with Crippen molar-refractivity contribution in [2.24, 2.45) is 5.92 Å². The molecule has 4 rings (SSSR count). The van der Waals surface area contributed by atoms with Crippen molar-refractivity contribution in [2.75, 3.05) is 16.2 Å². The van der Waals surface area contributed by atoms with Crippen molar-refractivity contribution in [3.8, 4) is 6.07 Å². The predicted molar refractivity (Wildman–Crippen MR) is 107 cm³/mol. The highest BCUT2D eigenvalue weighted by atomic mass is 32.2. The number of nitrogens with zero attached hydrogens (tertiary/aromatic N) is 2. The Morgan fingerprint density at radius 3 is 2.64 bits per heavy atom. The minimum Gasteiger partial charge on any atom is -0.311 e. The molecule has 1 amide bonds. The van der Waals surface area contributed by atoms with Crippen LogP contribution in [0.5, 0.6) is 0 Å². The number of benzene rings is 2. The molecule has 0 radical (unpaired) electrons. The van der Waals surface area contributed by atoms with Crippen LogP contribution in [0.25, 0.3) is 0 Å². The largest absolute Gasteiger partial charge is 0.311 e. The summed E-state index contributed by atoms with van der Waals surface area (Å²) in [5.74, 6) is 0.244. The Balaban J connectivity index is 1.68. The van der Waals surface area contributed by atoms with Crippen LogP contribution in [0.2, 0.25) is 0 Å². The highest BCUT2D eigenvalue weighted by Gasteiger charge is 2.43. The molecule has 2 aromatic rings. The number of hydrogen-bond acceptors (Lipinski definition) is 4. The first-order valence-electron chi connectivity index (χ1n) is 9.20. The summed E-state index contributed by atoms with van der Waals surface area (Å²) in [7, 11) is -3.81. The first kappa shape index (κ1) is 18.5. The maximum absolute atomic E-state index is 12.9. The van der Waals surface area contributed by atoms with Crippen LogP contribution < -0.4 is 9.62 Å². The van der Waals surface area contributed by atoms with E-state index in [9.17, 15) is 13.2 Å². The second-order valence-electron chi connectivity index (χ2n) is 8.06. The topological polar surface area (TPSA) is 90.3 Å². The van der Waals surface area contributed by atoms with E-state index in [-0.39, 0.29) is 22.1 Å². The Hall–Kier alpha value is -2.85. The summed E-state index contributed by atoms with van der Waals surface area (Å²) >= 11 is 0.